The summed E-state index contributed by atoms with van der Waals surface area (Å²) < 4.78 is 39.1. The van der Waals surface area contributed by atoms with Crippen LogP contribution >= 0.6 is 11.3 Å². The van der Waals surface area contributed by atoms with Gasteiger partial charge in [0.05, 0.1) is 15.1 Å². The van der Waals surface area contributed by atoms with E-state index in [9.17, 15) is 17.6 Å². The number of aryl methyl sites for hydroxylation is 2. The lowest BCUT2D eigenvalue weighted by Crippen LogP contribution is -2.50. The minimum absolute atomic E-state index is 0.0453. The molecule has 0 N–H and O–H groups in total. The summed E-state index contributed by atoms with van der Waals surface area (Å²) in [6.07, 6.45) is 0. The number of amides is 1. The van der Waals surface area contributed by atoms with E-state index in [0.29, 0.717) is 26.2 Å². The van der Waals surface area contributed by atoms with Gasteiger partial charge in [-0.2, -0.15) is 0 Å². The molecule has 1 aromatic heterocycles. The molecule has 3 aromatic rings. The number of halogens is 1. The molecule has 1 aliphatic heterocycles. The minimum atomic E-state index is -3.80. The molecule has 0 spiro atoms. The fourth-order valence-electron chi connectivity index (χ4n) is 3.51. The van der Waals surface area contributed by atoms with Crippen molar-refractivity contribution in [1.82, 2.24) is 9.88 Å². The van der Waals surface area contributed by atoms with Gasteiger partial charge in [0, 0.05) is 26.2 Å². The van der Waals surface area contributed by atoms with E-state index < -0.39 is 27.3 Å². The number of hydrogen-bond acceptors (Lipinski definition) is 6. The van der Waals surface area contributed by atoms with Gasteiger partial charge < -0.3 is 9.80 Å². The molecule has 9 heteroatoms. The SMILES string of the molecule is Cc1ccc(C)c2sc(N3CCN(C(=O)CS(=O)(=O)c4ccc(F)cc4)CC3)nc12. The molecule has 0 radical (unpaired) electrons. The lowest BCUT2D eigenvalue weighted by molar-refractivity contribution is -0.128. The number of fused-ring (bicyclic) bond motifs is 1. The summed E-state index contributed by atoms with van der Waals surface area (Å²) in [5, 5.41) is 0.924. The molecule has 2 heterocycles. The van der Waals surface area contributed by atoms with Crippen LogP contribution in [-0.2, 0) is 14.6 Å². The second-order valence-electron chi connectivity index (χ2n) is 7.45. The number of carbonyl (C=O) groups excluding carboxylic acids is 1. The Morgan fingerprint density at radius 1 is 1.03 bits per heavy atom. The topological polar surface area (TPSA) is 70.6 Å². The van der Waals surface area contributed by atoms with Crippen LogP contribution in [0.25, 0.3) is 10.2 Å². The summed E-state index contributed by atoms with van der Waals surface area (Å²) >= 11 is 1.65. The predicted octanol–water partition coefficient (Wildman–Crippen LogP) is 3.17. The van der Waals surface area contributed by atoms with E-state index in [1.54, 1.807) is 16.2 Å². The van der Waals surface area contributed by atoms with Crippen LogP contribution in [0.2, 0.25) is 0 Å². The Balaban J connectivity index is 1.42. The molecule has 6 nitrogen and oxygen atoms in total. The summed E-state index contributed by atoms with van der Waals surface area (Å²) in [6.45, 7) is 6.18. The molecule has 1 fully saturated rings. The highest BCUT2D eigenvalue weighted by Crippen LogP contribution is 2.33. The van der Waals surface area contributed by atoms with Crippen molar-refractivity contribution in [2.45, 2.75) is 18.7 Å². The molecule has 0 unspecified atom stereocenters. The quantitative estimate of drug-likeness (QED) is 0.575. The maximum atomic E-state index is 13.0. The van der Waals surface area contributed by atoms with Crippen molar-refractivity contribution in [1.29, 1.82) is 0 Å². The van der Waals surface area contributed by atoms with Crippen molar-refractivity contribution in [3.05, 3.63) is 53.3 Å². The van der Waals surface area contributed by atoms with Crippen molar-refractivity contribution in [2.75, 3.05) is 36.8 Å². The summed E-state index contributed by atoms with van der Waals surface area (Å²) in [4.78, 5) is 21.0. The maximum absolute atomic E-state index is 13.0. The van der Waals surface area contributed by atoms with Gasteiger partial charge in [-0.3, -0.25) is 4.79 Å². The van der Waals surface area contributed by atoms with Gasteiger partial charge in [0.2, 0.25) is 5.91 Å². The number of sulfone groups is 1. The molecule has 1 amide bonds. The van der Waals surface area contributed by atoms with Crippen LogP contribution in [0.4, 0.5) is 9.52 Å². The van der Waals surface area contributed by atoms with Crippen molar-refractivity contribution in [2.24, 2.45) is 0 Å². The molecule has 30 heavy (non-hydrogen) atoms. The molecule has 1 aliphatic rings. The van der Waals surface area contributed by atoms with E-state index in [2.05, 4.69) is 24.0 Å². The van der Waals surface area contributed by atoms with Gasteiger partial charge in [0.1, 0.15) is 11.6 Å². The lowest BCUT2D eigenvalue weighted by atomic mass is 10.1. The van der Waals surface area contributed by atoms with E-state index in [1.807, 2.05) is 6.92 Å². The molecular weight excluding hydrogens is 425 g/mol. The summed E-state index contributed by atoms with van der Waals surface area (Å²) in [7, 11) is -3.80. The number of nitrogens with zero attached hydrogens (tertiary/aromatic N) is 3. The van der Waals surface area contributed by atoms with Gasteiger partial charge in [0.25, 0.3) is 0 Å². The van der Waals surface area contributed by atoms with E-state index in [4.69, 9.17) is 4.98 Å². The van der Waals surface area contributed by atoms with Gasteiger partial charge in [-0.25, -0.2) is 17.8 Å². The van der Waals surface area contributed by atoms with Crippen LogP contribution in [0.1, 0.15) is 11.1 Å². The monoisotopic (exact) mass is 447 g/mol. The van der Waals surface area contributed by atoms with Gasteiger partial charge in [0.15, 0.2) is 15.0 Å². The highest BCUT2D eigenvalue weighted by atomic mass is 32.2. The predicted molar refractivity (Wildman–Crippen MR) is 116 cm³/mol. The first-order valence-corrected chi connectivity index (χ1v) is 12.1. The number of thiazole rings is 1. The fraction of sp³-hybridized carbons (Fsp3) is 0.333. The van der Waals surface area contributed by atoms with Crippen molar-refractivity contribution < 1.29 is 17.6 Å². The third-order valence-electron chi connectivity index (χ3n) is 5.32. The highest BCUT2D eigenvalue weighted by molar-refractivity contribution is 7.92. The highest BCUT2D eigenvalue weighted by Gasteiger charge is 2.27. The van der Waals surface area contributed by atoms with Gasteiger partial charge in [-0.15, -0.1) is 0 Å². The zero-order valence-electron chi connectivity index (χ0n) is 16.8. The second kappa shape index (κ2) is 7.96. The lowest BCUT2D eigenvalue weighted by Gasteiger charge is -2.34. The van der Waals surface area contributed by atoms with Gasteiger partial charge >= 0.3 is 0 Å². The normalized spacial score (nSPS) is 15.0. The maximum Gasteiger partial charge on any atom is 0.238 e. The summed E-state index contributed by atoms with van der Waals surface area (Å²) in [5.41, 5.74) is 3.34. The Morgan fingerprint density at radius 2 is 1.67 bits per heavy atom. The van der Waals surface area contributed by atoms with Crippen LogP contribution in [0.15, 0.2) is 41.3 Å². The van der Waals surface area contributed by atoms with E-state index in [1.165, 1.54) is 22.4 Å². The van der Waals surface area contributed by atoms with Crippen molar-refractivity contribution in [3.63, 3.8) is 0 Å². The number of benzene rings is 2. The molecule has 0 saturated carbocycles. The van der Waals surface area contributed by atoms with Crippen LogP contribution in [0.5, 0.6) is 0 Å². The Labute approximate surface area is 178 Å². The van der Waals surface area contributed by atoms with Gasteiger partial charge in [-0.05, 0) is 49.2 Å². The summed E-state index contributed by atoms with van der Waals surface area (Å²) in [6, 6.07) is 8.70. The van der Waals surface area contributed by atoms with Crippen molar-refractivity contribution in [3.8, 4) is 0 Å². The van der Waals surface area contributed by atoms with E-state index in [-0.39, 0.29) is 4.90 Å². The number of rotatable bonds is 4. The molecule has 1 saturated heterocycles. The molecule has 158 valence electrons. The number of hydrogen-bond donors (Lipinski definition) is 0. The third-order valence-corrected chi connectivity index (χ3v) is 8.19. The van der Waals surface area contributed by atoms with Crippen LogP contribution < -0.4 is 4.90 Å². The standard InChI is InChI=1S/C21H22FN3O3S2/c1-14-3-4-15(2)20-19(14)23-21(29-20)25-11-9-24(10-12-25)18(26)13-30(27,28)17-7-5-16(22)6-8-17/h3-8H,9-13H2,1-2H3. The van der Waals surface area contributed by atoms with Gasteiger partial charge in [-0.1, -0.05) is 23.5 Å². The average molecular weight is 448 g/mol. The molecular formula is C21H22FN3O3S2. The average Bonchev–Trinajstić information content (AvgIpc) is 3.18. The van der Waals surface area contributed by atoms with Crippen molar-refractivity contribution >= 4 is 42.4 Å². The largest absolute Gasteiger partial charge is 0.345 e. The molecule has 0 aliphatic carbocycles. The Hall–Kier alpha value is -2.52. The first-order chi connectivity index (χ1) is 14.2. The summed E-state index contributed by atoms with van der Waals surface area (Å²) in [5.74, 6) is -1.57. The smallest absolute Gasteiger partial charge is 0.238 e. The number of aromatic nitrogens is 1. The van der Waals surface area contributed by atoms with Crippen LogP contribution in [-0.4, -0.2) is 56.1 Å². The zero-order chi connectivity index (χ0) is 21.5. The number of carbonyl (C=O) groups is 1. The van der Waals surface area contributed by atoms with E-state index in [0.717, 1.165) is 28.3 Å². The van der Waals surface area contributed by atoms with Crippen LogP contribution in [0.3, 0.4) is 0 Å². The number of anilines is 1. The zero-order valence-corrected chi connectivity index (χ0v) is 18.4. The molecule has 2 aromatic carbocycles. The fourth-order valence-corrected chi connectivity index (χ4v) is 5.90. The second-order valence-corrected chi connectivity index (χ2v) is 10.4. The number of piperazine rings is 1. The van der Waals surface area contributed by atoms with E-state index >= 15 is 0 Å². The molecule has 4 rings (SSSR count). The molecule has 0 bridgehead atoms. The molecule has 0 atom stereocenters. The first-order valence-electron chi connectivity index (χ1n) is 9.62. The first kappa shape index (κ1) is 20.7. The minimum Gasteiger partial charge on any atom is -0.345 e. The Bertz CT molecular complexity index is 1160. The Morgan fingerprint density at radius 3 is 2.30 bits per heavy atom. The Kier molecular flexibility index (Phi) is 5.50. The van der Waals surface area contributed by atoms with Crippen LogP contribution in [0, 0.1) is 19.7 Å². The third kappa shape index (κ3) is 4.04.